The van der Waals surface area contributed by atoms with Gasteiger partial charge in [0.1, 0.15) is 5.82 Å². The molecule has 1 aliphatic heterocycles. The van der Waals surface area contributed by atoms with Gasteiger partial charge in [-0.25, -0.2) is 4.39 Å². The summed E-state index contributed by atoms with van der Waals surface area (Å²) in [4.78, 5) is 29.1. The number of rotatable bonds is 4. The Bertz CT molecular complexity index is 927. The second-order valence-electron chi connectivity index (χ2n) is 7.36. The van der Waals surface area contributed by atoms with E-state index in [0.29, 0.717) is 43.3 Å². The number of halogens is 2. The number of morpholine rings is 1. The molecule has 0 spiro atoms. The van der Waals surface area contributed by atoms with Gasteiger partial charge in [-0.05, 0) is 48.6 Å². The highest BCUT2D eigenvalue weighted by molar-refractivity contribution is 7.14. The van der Waals surface area contributed by atoms with Crippen molar-refractivity contribution in [3.63, 3.8) is 0 Å². The Morgan fingerprint density at radius 3 is 2.83 bits per heavy atom. The fourth-order valence-electron chi connectivity index (χ4n) is 3.77. The summed E-state index contributed by atoms with van der Waals surface area (Å²) in [7, 11) is 0. The van der Waals surface area contributed by atoms with Crippen LogP contribution in [0.2, 0.25) is 5.02 Å². The zero-order valence-electron chi connectivity index (χ0n) is 15.9. The molecule has 0 unspecified atom stereocenters. The first-order valence-corrected chi connectivity index (χ1v) is 10.9. The Balaban J connectivity index is 1.37. The van der Waals surface area contributed by atoms with Crippen molar-refractivity contribution in [1.29, 1.82) is 0 Å². The van der Waals surface area contributed by atoms with Gasteiger partial charge in [-0.2, -0.15) is 0 Å². The minimum absolute atomic E-state index is 0.0386. The van der Waals surface area contributed by atoms with Crippen molar-refractivity contribution in [3.05, 3.63) is 56.0 Å². The van der Waals surface area contributed by atoms with Gasteiger partial charge >= 0.3 is 0 Å². The van der Waals surface area contributed by atoms with Crippen LogP contribution in [0.15, 0.2) is 24.3 Å². The van der Waals surface area contributed by atoms with E-state index in [2.05, 4.69) is 5.32 Å². The summed E-state index contributed by atoms with van der Waals surface area (Å²) in [5.41, 5.74) is 1.78. The third kappa shape index (κ3) is 4.63. The Labute approximate surface area is 177 Å². The summed E-state index contributed by atoms with van der Waals surface area (Å²) in [5.74, 6) is -0.518. The van der Waals surface area contributed by atoms with E-state index in [1.54, 1.807) is 17.4 Å². The molecule has 154 valence electrons. The van der Waals surface area contributed by atoms with E-state index in [-0.39, 0.29) is 24.3 Å². The molecule has 4 rings (SSSR count). The van der Waals surface area contributed by atoms with Gasteiger partial charge < -0.3 is 15.0 Å². The van der Waals surface area contributed by atoms with Gasteiger partial charge in [-0.1, -0.05) is 17.7 Å². The number of carbonyl (C=O) groups excluding carboxylic acids is 2. The molecule has 0 bridgehead atoms. The number of nitrogens with zero attached hydrogens (tertiary/aromatic N) is 1. The van der Waals surface area contributed by atoms with Crippen LogP contribution in [0.25, 0.3) is 0 Å². The van der Waals surface area contributed by atoms with Crippen molar-refractivity contribution in [2.24, 2.45) is 5.92 Å². The molecule has 29 heavy (non-hydrogen) atoms. The van der Waals surface area contributed by atoms with Crippen molar-refractivity contribution in [2.75, 3.05) is 26.3 Å². The first-order valence-electron chi connectivity index (χ1n) is 9.71. The van der Waals surface area contributed by atoms with Crippen LogP contribution in [0, 0.1) is 11.7 Å². The number of hydrogen-bond donors (Lipinski definition) is 1. The number of hydrogen-bond acceptors (Lipinski definition) is 4. The van der Waals surface area contributed by atoms with Gasteiger partial charge in [0.25, 0.3) is 5.91 Å². The lowest BCUT2D eigenvalue weighted by Gasteiger charge is -2.26. The summed E-state index contributed by atoms with van der Waals surface area (Å²) in [6.07, 6.45) is 2.18. The Morgan fingerprint density at radius 2 is 2.07 bits per heavy atom. The lowest BCUT2D eigenvalue weighted by Crippen LogP contribution is -2.40. The van der Waals surface area contributed by atoms with E-state index >= 15 is 0 Å². The van der Waals surface area contributed by atoms with Crippen molar-refractivity contribution in [2.45, 2.75) is 25.8 Å². The Hall–Kier alpha value is -1.96. The van der Waals surface area contributed by atoms with Crippen LogP contribution >= 0.6 is 22.9 Å². The Morgan fingerprint density at radius 1 is 1.28 bits per heavy atom. The highest BCUT2D eigenvalue weighted by atomic mass is 35.5. The fraction of sp³-hybridized carbons (Fsp3) is 0.429. The van der Waals surface area contributed by atoms with E-state index in [1.165, 1.54) is 17.0 Å². The van der Waals surface area contributed by atoms with Crippen LogP contribution in [0.5, 0.6) is 0 Å². The van der Waals surface area contributed by atoms with Crippen LogP contribution in [0.1, 0.15) is 32.1 Å². The summed E-state index contributed by atoms with van der Waals surface area (Å²) in [6, 6.07) is 6.11. The molecular formula is C21H22ClFN2O3S. The molecule has 1 fully saturated rings. The first kappa shape index (κ1) is 20.3. The molecule has 1 atom stereocenters. The number of fused-ring (bicyclic) bond motifs is 1. The van der Waals surface area contributed by atoms with Crippen molar-refractivity contribution < 1.29 is 18.7 Å². The monoisotopic (exact) mass is 436 g/mol. The quantitative estimate of drug-likeness (QED) is 0.798. The highest BCUT2D eigenvalue weighted by Gasteiger charge is 2.29. The topological polar surface area (TPSA) is 58.6 Å². The van der Waals surface area contributed by atoms with Gasteiger partial charge in [-0.3, -0.25) is 9.59 Å². The standard InChI is InChI=1S/C21H22ClFN2O3S/c22-17-11-16(23)3-1-14(17)12-24-20(26)13-2-4-18-15(9-13)10-19(29-18)21(27)25-5-7-28-8-6-25/h1,3,10-11,13H,2,4-9,12H2,(H,24,26)/t13-/m0/s1. The zero-order valence-corrected chi connectivity index (χ0v) is 17.5. The lowest BCUT2D eigenvalue weighted by atomic mass is 9.87. The molecule has 2 heterocycles. The Kier molecular flexibility index (Phi) is 6.18. The summed E-state index contributed by atoms with van der Waals surface area (Å²) in [6.45, 7) is 2.68. The summed E-state index contributed by atoms with van der Waals surface area (Å²) in [5, 5.41) is 3.22. The summed E-state index contributed by atoms with van der Waals surface area (Å²) >= 11 is 7.58. The second-order valence-corrected chi connectivity index (χ2v) is 8.90. The predicted octanol–water partition coefficient (Wildman–Crippen LogP) is 3.43. The van der Waals surface area contributed by atoms with Gasteiger partial charge in [0.2, 0.25) is 5.91 Å². The summed E-state index contributed by atoms with van der Waals surface area (Å²) < 4.78 is 18.5. The van der Waals surface area contributed by atoms with E-state index in [0.717, 1.165) is 23.3 Å². The normalized spacial score (nSPS) is 19.0. The molecule has 2 aliphatic rings. The van der Waals surface area contributed by atoms with Crippen LogP contribution in [-0.2, 0) is 28.9 Å². The third-order valence-corrected chi connectivity index (χ3v) is 7.01. The number of ether oxygens (including phenoxy) is 1. The number of carbonyl (C=O) groups is 2. The van der Waals surface area contributed by atoms with Crippen LogP contribution in [0.4, 0.5) is 4.39 Å². The minimum Gasteiger partial charge on any atom is -0.378 e. The highest BCUT2D eigenvalue weighted by Crippen LogP contribution is 2.33. The minimum atomic E-state index is -0.398. The van der Waals surface area contributed by atoms with E-state index < -0.39 is 5.82 Å². The largest absolute Gasteiger partial charge is 0.378 e. The second kappa shape index (κ2) is 8.81. The van der Waals surface area contributed by atoms with Gasteiger partial charge in [-0.15, -0.1) is 11.3 Å². The average molecular weight is 437 g/mol. The maximum atomic E-state index is 13.2. The number of benzene rings is 1. The van der Waals surface area contributed by atoms with E-state index in [9.17, 15) is 14.0 Å². The number of aryl methyl sites for hydroxylation is 1. The molecule has 1 aromatic heterocycles. The molecule has 2 amide bonds. The van der Waals surface area contributed by atoms with Crippen LogP contribution in [-0.4, -0.2) is 43.0 Å². The number of amides is 2. The van der Waals surface area contributed by atoms with E-state index in [1.807, 2.05) is 11.0 Å². The maximum absolute atomic E-state index is 13.2. The van der Waals surface area contributed by atoms with Crippen molar-refractivity contribution in [1.82, 2.24) is 10.2 Å². The molecule has 0 saturated carbocycles. The van der Waals surface area contributed by atoms with Crippen LogP contribution < -0.4 is 5.32 Å². The van der Waals surface area contributed by atoms with Gasteiger partial charge in [0, 0.05) is 35.5 Å². The molecule has 1 aromatic carbocycles. The molecule has 1 aliphatic carbocycles. The van der Waals surface area contributed by atoms with Gasteiger partial charge in [0.05, 0.1) is 18.1 Å². The van der Waals surface area contributed by atoms with Crippen molar-refractivity contribution >= 4 is 34.8 Å². The van der Waals surface area contributed by atoms with Gasteiger partial charge in [0.15, 0.2) is 0 Å². The molecule has 8 heteroatoms. The molecule has 0 radical (unpaired) electrons. The zero-order chi connectivity index (χ0) is 20.4. The molecule has 2 aromatic rings. The first-order chi connectivity index (χ1) is 14.0. The molecule has 1 N–H and O–H groups in total. The smallest absolute Gasteiger partial charge is 0.264 e. The van der Waals surface area contributed by atoms with Crippen molar-refractivity contribution in [3.8, 4) is 0 Å². The third-order valence-electron chi connectivity index (χ3n) is 5.43. The van der Waals surface area contributed by atoms with Crippen LogP contribution in [0.3, 0.4) is 0 Å². The molecular weight excluding hydrogens is 415 g/mol. The molecule has 5 nitrogen and oxygen atoms in total. The fourth-order valence-corrected chi connectivity index (χ4v) is 5.18. The number of thiophene rings is 1. The number of nitrogens with one attached hydrogen (secondary N) is 1. The molecule has 1 saturated heterocycles. The van der Waals surface area contributed by atoms with E-state index in [4.69, 9.17) is 16.3 Å². The average Bonchev–Trinajstić information content (AvgIpc) is 3.16. The maximum Gasteiger partial charge on any atom is 0.264 e. The lowest BCUT2D eigenvalue weighted by molar-refractivity contribution is -0.125. The SMILES string of the molecule is O=C(NCc1ccc(F)cc1Cl)[C@H]1CCc2sc(C(=O)N3CCOCC3)cc2C1. The predicted molar refractivity (Wildman–Crippen MR) is 110 cm³/mol.